The molecular formula is C17H15ClO3S. The fourth-order valence-electron chi connectivity index (χ4n) is 2.39. The Balaban J connectivity index is 1.95. The van der Waals surface area contributed by atoms with Crippen LogP contribution in [0, 0.1) is 6.92 Å². The zero-order chi connectivity index (χ0) is 15.7. The first-order valence-corrected chi connectivity index (χ1v) is 8.90. The number of sulfone groups is 1. The SMILES string of the molecule is Cc1ccc(S(=O)(=O)CC2=CCOc3ccc(Cl)cc32)cc1. The van der Waals surface area contributed by atoms with Gasteiger partial charge in [0.1, 0.15) is 12.4 Å². The van der Waals surface area contributed by atoms with Crippen LogP contribution in [0.2, 0.25) is 5.02 Å². The van der Waals surface area contributed by atoms with Crippen molar-refractivity contribution in [3.8, 4) is 5.75 Å². The topological polar surface area (TPSA) is 43.4 Å². The highest BCUT2D eigenvalue weighted by molar-refractivity contribution is 7.91. The van der Waals surface area contributed by atoms with Crippen molar-refractivity contribution in [1.29, 1.82) is 0 Å². The third-order valence-corrected chi connectivity index (χ3v) is 5.50. The van der Waals surface area contributed by atoms with Crippen LogP contribution in [0.3, 0.4) is 0 Å². The van der Waals surface area contributed by atoms with Crippen LogP contribution in [-0.4, -0.2) is 20.8 Å². The molecule has 114 valence electrons. The summed E-state index contributed by atoms with van der Waals surface area (Å²) in [4.78, 5) is 0.328. The van der Waals surface area contributed by atoms with E-state index in [1.54, 1.807) is 48.5 Å². The Morgan fingerprint density at radius 2 is 1.86 bits per heavy atom. The summed E-state index contributed by atoms with van der Waals surface area (Å²) >= 11 is 6.02. The highest BCUT2D eigenvalue weighted by atomic mass is 35.5. The molecule has 1 aliphatic heterocycles. The van der Waals surface area contributed by atoms with Gasteiger partial charge in [0, 0.05) is 10.6 Å². The van der Waals surface area contributed by atoms with Crippen LogP contribution in [-0.2, 0) is 9.84 Å². The van der Waals surface area contributed by atoms with Crippen LogP contribution in [0.5, 0.6) is 5.75 Å². The summed E-state index contributed by atoms with van der Waals surface area (Å²) in [5.74, 6) is 0.605. The number of benzene rings is 2. The quantitative estimate of drug-likeness (QED) is 0.855. The number of ether oxygens (including phenoxy) is 1. The number of halogens is 1. The molecule has 0 radical (unpaired) electrons. The molecule has 2 aromatic rings. The Bertz CT molecular complexity index is 837. The average Bonchev–Trinajstić information content (AvgIpc) is 2.48. The number of hydrogen-bond donors (Lipinski definition) is 0. The van der Waals surface area contributed by atoms with Gasteiger partial charge in [-0.05, 0) is 48.9 Å². The lowest BCUT2D eigenvalue weighted by atomic mass is 10.0. The molecule has 0 amide bonds. The maximum atomic E-state index is 12.6. The Hall–Kier alpha value is -1.78. The van der Waals surface area contributed by atoms with Crippen molar-refractivity contribution in [2.24, 2.45) is 0 Å². The van der Waals surface area contributed by atoms with E-state index in [1.807, 2.05) is 6.92 Å². The van der Waals surface area contributed by atoms with E-state index in [0.29, 0.717) is 22.3 Å². The Kier molecular flexibility index (Phi) is 3.98. The molecule has 0 atom stereocenters. The smallest absolute Gasteiger partial charge is 0.182 e. The molecule has 5 heteroatoms. The van der Waals surface area contributed by atoms with E-state index in [-0.39, 0.29) is 5.75 Å². The summed E-state index contributed by atoms with van der Waals surface area (Å²) in [5, 5.41) is 0.558. The van der Waals surface area contributed by atoms with Gasteiger partial charge in [-0.1, -0.05) is 29.3 Å². The van der Waals surface area contributed by atoms with Crippen molar-refractivity contribution in [3.05, 3.63) is 64.7 Å². The number of aryl methyl sites for hydroxylation is 1. The molecule has 0 bridgehead atoms. The summed E-state index contributed by atoms with van der Waals surface area (Å²) in [7, 11) is -3.40. The van der Waals surface area contributed by atoms with Crippen molar-refractivity contribution in [3.63, 3.8) is 0 Å². The Labute approximate surface area is 135 Å². The van der Waals surface area contributed by atoms with Gasteiger partial charge in [0.15, 0.2) is 9.84 Å². The summed E-state index contributed by atoms with van der Waals surface area (Å²) in [6.07, 6.45) is 1.80. The van der Waals surface area contributed by atoms with Gasteiger partial charge in [-0.2, -0.15) is 0 Å². The van der Waals surface area contributed by atoms with Crippen molar-refractivity contribution in [2.45, 2.75) is 11.8 Å². The molecule has 1 aliphatic rings. The minimum absolute atomic E-state index is 0.0627. The van der Waals surface area contributed by atoms with E-state index >= 15 is 0 Å². The molecule has 3 rings (SSSR count). The van der Waals surface area contributed by atoms with Crippen LogP contribution in [0.1, 0.15) is 11.1 Å². The monoisotopic (exact) mass is 334 g/mol. The summed E-state index contributed by atoms with van der Waals surface area (Å²) in [6.45, 7) is 2.29. The summed E-state index contributed by atoms with van der Waals surface area (Å²) < 4.78 is 30.7. The first-order chi connectivity index (χ1) is 10.5. The van der Waals surface area contributed by atoms with Gasteiger partial charge >= 0.3 is 0 Å². The van der Waals surface area contributed by atoms with Crippen LogP contribution >= 0.6 is 11.6 Å². The third-order valence-electron chi connectivity index (χ3n) is 3.58. The zero-order valence-electron chi connectivity index (χ0n) is 12.0. The normalized spacial score (nSPS) is 14.0. The minimum Gasteiger partial charge on any atom is -0.489 e. The molecule has 0 aromatic heterocycles. The minimum atomic E-state index is -3.40. The van der Waals surface area contributed by atoms with Gasteiger partial charge < -0.3 is 4.74 Å². The molecule has 0 aliphatic carbocycles. The van der Waals surface area contributed by atoms with Crippen molar-refractivity contribution in [2.75, 3.05) is 12.4 Å². The van der Waals surface area contributed by atoms with Crippen LogP contribution in [0.15, 0.2) is 53.4 Å². The second kappa shape index (κ2) is 5.78. The van der Waals surface area contributed by atoms with Gasteiger partial charge in [0.2, 0.25) is 0 Å². The predicted octanol–water partition coefficient (Wildman–Crippen LogP) is 3.90. The first-order valence-electron chi connectivity index (χ1n) is 6.87. The average molecular weight is 335 g/mol. The van der Waals surface area contributed by atoms with Crippen molar-refractivity contribution < 1.29 is 13.2 Å². The standard InChI is InChI=1S/C17H15ClO3S/c1-12-2-5-15(6-3-12)22(19,20)11-13-8-9-21-17-7-4-14(18)10-16(13)17/h2-8,10H,9,11H2,1H3. The molecule has 0 N–H and O–H groups in total. The van der Waals surface area contributed by atoms with Gasteiger partial charge in [0.05, 0.1) is 10.6 Å². The lowest BCUT2D eigenvalue weighted by Crippen LogP contribution is -2.13. The highest BCUT2D eigenvalue weighted by Gasteiger charge is 2.22. The maximum absolute atomic E-state index is 12.6. The first kappa shape index (κ1) is 15.1. The van der Waals surface area contributed by atoms with E-state index in [4.69, 9.17) is 16.3 Å². The van der Waals surface area contributed by atoms with Gasteiger partial charge in [0.25, 0.3) is 0 Å². The van der Waals surface area contributed by atoms with Crippen LogP contribution in [0.4, 0.5) is 0 Å². The van der Waals surface area contributed by atoms with Crippen LogP contribution in [0.25, 0.3) is 5.57 Å². The molecule has 0 spiro atoms. The van der Waals surface area contributed by atoms with Crippen LogP contribution < -0.4 is 4.74 Å². The molecule has 0 fully saturated rings. The molecule has 0 unspecified atom stereocenters. The van der Waals surface area contributed by atoms with E-state index in [2.05, 4.69) is 0 Å². The Morgan fingerprint density at radius 1 is 1.14 bits per heavy atom. The number of rotatable bonds is 3. The largest absolute Gasteiger partial charge is 0.489 e. The molecule has 0 saturated heterocycles. The number of hydrogen-bond acceptors (Lipinski definition) is 3. The lowest BCUT2D eigenvalue weighted by Gasteiger charge is -2.19. The van der Waals surface area contributed by atoms with Gasteiger partial charge in [-0.25, -0.2) is 8.42 Å². The van der Waals surface area contributed by atoms with Gasteiger partial charge in [-0.15, -0.1) is 0 Å². The van der Waals surface area contributed by atoms with Gasteiger partial charge in [-0.3, -0.25) is 0 Å². The Morgan fingerprint density at radius 3 is 2.59 bits per heavy atom. The highest BCUT2D eigenvalue weighted by Crippen LogP contribution is 2.33. The second-order valence-corrected chi connectivity index (χ2v) is 7.68. The molecule has 3 nitrogen and oxygen atoms in total. The van der Waals surface area contributed by atoms with Crippen molar-refractivity contribution in [1.82, 2.24) is 0 Å². The second-order valence-electron chi connectivity index (χ2n) is 5.25. The zero-order valence-corrected chi connectivity index (χ0v) is 13.6. The van der Waals surface area contributed by atoms with E-state index in [1.165, 1.54) is 0 Å². The van der Waals surface area contributed by atoms with Crippen molar-refractivity contribution >= 4 is 27.0 Å². The molecule has 2 aromatic carbocycles. The van der Waals surface area contributed by atoms with E-state index in [9.17, 15) is 8.42 Å². The fraction of sp³-hybridized carbons (Fsp3) is 0.176. The third kappa shape index (κ3) is 3.03. The predicted molar refractivity (Wildman–Crippen MR) is 88.2 cm³/mol. The molecule has 0 saturated carbocycles. The summed E-state index contributed by atoms with van der Waals surface area (Å²) in [5.41, 5.74) is 2.50. The fourth-order valence-corrected chi connectivity index (χ4v) is 3.96. The molecular weight excluding hydrogens is 320 g/mol. The number of fused-ring (bicyclic) bond motifs is 1. The maximum Gasteiger partial charge on any atom is 0.182 e. The lowest BCUT2D eigenvalue weighted by molar-refractivity contribution is 0.357. The molecule has 22 heavy (non-hydrogen) atoms. The summed E-state index contributed by atoms with van der Waals surface area (Å²) in [6, 6.07) is 12.1. The van der Waals surface area contributed by atoms with E-state index < -0.39 is 9.84 Å². The van der Waals surface area contributed by atoms with E-state index in [0.717, 1.165) is 16.7 Å². The molecule has 1 heterocycles.